The molecule has 0 N–H and O–H groups in total. The average Bonchev–Trinajstić information content (AvgIpc) is 3.67. The van der Waals surface area contributed by atoms with Crippen molar-refractivity contribution in [2.75, 3.05) is 24.6 Å². The number of fused-ring (bicyclic) bond motifs is 2. The number of carbonyl (C=O) groups excluding carboxylic acids is 1. The van der Waals surface area contributed by atoms with Crippen molar-refractivity contribution in [2.45, 2.75) is 38.3 Å². The third-order valence-corrected chi connectivity index (χ3v) is 7.09. The van der Waals surface area contributed by atoms with Crippen molar-refractivity contribution >= 4 is 28.3 Å². The number of aromatic nitrogens is 2. The SMILES string of the molecule is [2H]C([2H])([2H])n1c(=O)nc(N2CCOCc3c(C#CC4CCCN4C(=O)C4CC4)cccc32)c2c(F)cccc21. The predicted octanol–water partition coefficient (Wildman–Crippen LogP) is 3.49. The van der Waals surface area contributed by atoms with E-state index in [1.165, 1.54) is 18.2 Å². The fourth-order valence-electron chi connectivity index (χ4n) is 5.09. The first-order valence-electron chi connectivity index (χ1n) is 13.7. The summed E-state index contributed by atoms with van der Waals surface area (Å²) in [4.78, 5) is 33.3. The summed E-state index contributed by atoms with van der Waals surface area (Å²) in [5, 5.41) is -0.0576. The van der Waals surface area contributed by atoms with Gasteiger partial charge in [0.2, 0.25) is 5.91 Å². The molecule has 3 aliphatic rings. The molecule has 7 nitrogen and oxygen atoms in total. The number of hydrogen-bond donors (Lipinski definition) is 0. The van der Waals surface area contributed by atoms with E-state index in [1.54, 1.807) is 4.90 Å². The lowest BCUT2D eigenvalue weighted by Crippen LogP contribution is -2.35. The van der Waals surface area contributed by atoms with Crippen LogP contribution in [-0.4, -0.2) is 46.1 Å². The Labute approximate surface area is 212 Å². The molecule has 1 saturated carbocycles. The third kappa shape index (κ3) is 3.94. The number of ether oxygens (including phenoxy) is 1. The summed E-state index contributed by atoms with van der Waals surface area (Å²) in [5.41, 5.74) is 1.07. The van der Waals surface area contributed by atoms with Gasteiger partial charge in [-0.25, -0.2) is 9.18 Å². The largest absolute Gasteiger partial charge is 0.375 e. The Bertz CT molecular complexity index is 1590. The number of halogens is 1. The van der Waals surface area contributed by atoms with Gasteiger partial charge in [-0.05, 0) is 49.9 Å². The second-order valence-electron chi connectivity index (χ2n) is 9.43. The lowest BCUT2D eigenvalue weighted by molar-refractivity contribution is -0.132. The Hall–Kier alpha value is -3.70. The average molecular weight is 490 g/mol. The lowest BCUT2D eigenvalue weighted by Gasteiger charge is -2.25. The normalized spacial score (nSPS) is 21.1. The van der Waals surface area contributed by atoms with E-state index < -0.39 is 18.5 Å². The number of anilines is 2. The first-order chi connectivity index (χ1) is 18.7. The van der Waals surface area contributed by atoms with E-state index in [2.05, 4.69) is 16.8 Å². The highest BCUT2D eigenvalue weighted by Gasteiger charge is 2.37. The minimum Gasteiger partial charge on any atom is -0.375 e. The summed E-state index contributed by atoms with van der Waals surface area (Å²) < 4.78 is 45.1. The van der Waals surface area contributed by atoms with Gasteiger partial charge in [0.15, 0.2) is 5.82 Å². The van der Waals surface area contributed by atoms with Crippen LogP contribution >= 0.6 is 0 Å². The zero-order valence-corrected chi connectivity index (χ0v) is 19.7. The van der Waals surface area contributed by atoms with E-state index in [1.807, 2.05) is 23.1 Å². The number of rotatable bonds is 2. The van der Waals surface area contributed by atoms with Gasteiger partial charge >= 0.3 is 5.69 Å². The Morgan fingerprint density at radius 3 is 2.89 bits per heavy atom. The summed E-state index contributed by atoms with van der Waals surface area (Å²) >= 11 is 0. The molecular weight excluding hydrogens is 459 g/mol. The van der Waals surface area contributed by atoms with Gasteiger partial charge in [-0.15, -0.1) is 0 Å². The van der Waals surface area contributed by atoms with Crippen LogP contribution in [0.15, 0.2) is 41.2 Å². The molecule has 2 aliphatic heterocycles. The first kappa shape index (κ1) is 19.5. The fourth-order valence-corrected chi connectivity index (χ4v) is 5.09. The van der Waals surface area contributed by atoms with E-state index in [9.17, 15) is 9.59 Å². The van der Waals surface area contributed by atoms with Crippen LogP contribution in [0.3, 0.4) is 0 Å². The van der Waals surface area contributed by atoms with Crippen molar-refractivity contribution in [2.24, 2.45) is 12.9 Å². The van der Waals surface area contributed by atoms with Crippen LogP contribution in [0, 0.1) is 23.6 Å². The molecule has 1 unspecified atom stereocenters. The molecule has 8 heteroatoms. The van der Waals surface area contributed by atoms with Crippen molar-refractivity contribution in [1.82, 2.24) is 14.5 Å². The van der Waals surface area contributed by atoms with Crippen molar-refractivity contribution in [3.05, 3.63) is 63.8 Å². The Balaban J connectivity index is 1.44. The number of benzene rings is 2. The number of hydrogen-bond acceptors (Lipinski definition) is 5. The van der Waals surface area contributed by atoms with Gasteiger partial charge < -0.3 is 14.5 Å². The summed E-state index contributed by atoms with van der Waals surface area (Å²) in [6.45, 7) is -1.31. The van der Waals surface area contributed by atoms with Crippen molar-refractivity contribution in [3.63, 3.8) is 0 Å². The molecule has 2 aromatic carbocycles. The molecule has 0 spiro atoms. The molecule has 1 amide bonds. The maximum absolute atomic E-state index is 15.3. The quantitative estimate of drug-likeness (QED) is 0.516. The molecule has 1 aromatic heterocycles. The molecule has 6 rings (SSSR count). The number of amides is 1. The van der Waals surface area contributed by atoms with Gasteiger partial charge in [0.05, 0.1) is 30.2 Å². The second-order valence-corrected chi connectivity index (χ2v) is 9.43. The van der Waals surface area contributed by atoms with Crippen LogP contribution in [0.5, 0.6) is 0 Å². The molecule has 3 aromatic rings. The van der Waals surface area contributed by atoms with Gasteiger partial charge in [-0.3, -0.25) is 9.36 Å². The van der Waals surface area contributed by atoms with Crippen LogP contribution < -0.4 is 10.6 Å². The second kappa shape index (κ2) is 9.07. The Morgan fingerprint density at radius 1 is 1.19 bits per heavy atom. The summed E-state index contributed by atoms with van der Waals surface area (Å²) in [6, 6.07) is 9.39. The summed E-state index contributed by atoms with van der Waals surface area (Å²) in [5.74, 6) is 6.25. The number of likely N-dealkylation sites (tertiary alicyclic amines) is 1. The highest BCUT2D eigenvalue weighted by molar-refractivity contribution is 5.93. The third-order valence-electron chi connectivity index (χ3n) is 7.09. The van der Waals surface area contributed by atoms with Crippen LogP contribution in [0.1, 0.15) is 40.9 Å². The molecule has 36 heavy (non-hydrogen) atoms. The standard InChI is InChI=1S/C28H27FN4O3/c1-31-24-9-3-7-22(29)25(24)26(30-28(31)35)33-15-16-36-17-21-18(5-2-8-23(21)33)12-13-20-6-4-14-32(20)27(34)19-10-11-19/h2-3,5,7-9,19-20H,4,6,10-11,14-17H2,1H3/i1D3. The van der Waals surface area contributed by atoms with Crippen LogP contribution in [0.4, 0.5) is 15.9 Å². The number of carbonyl (C=O) groups is 1. The zero-order chi connectivity index (χ0) is 27.3. The molecule has 0 bridgehead atoms. The predicted molar refractivity (Wildman–Crippen MR) is 134 cm³/mol. The molecule has 1 saturated heterocycles. The van der Waals surface area contributed by atoms with E-state index in [0.29, 0.717) is 15.8 Å². The lowest BCUT2D eigenvalue weighted by atomic mass is 10.0. The molecule has 2 fully saturated rings. The van der Waals surface area contributed by atoms with E-state index >= 15 is 4.39 Å². The van der Waals surface area contributed by atoms with Gasteiger partial charge in [0.1, 0.15) is 5.82 Å². The zero-order valence-electron chi connectivity index (χ0n) is 22.7. The monoisotopic (exact) mass is 489 g/mol. The van der Waals surface area contributed by atoms with E-state index in [0.717, 1.165) is 37.8 Å². The van der Waals surface area contributed by atoms with Crippen LogP contribution in [0.2, 0.25) is 0 Å². The van der Waals surface area contributed by atoms with Crippen LogP contribution in [0.25, 0.3) is 10.9 Å². The highest BCUT2D eigenvalue weighted by atomic mass is 19.1. The van der Waals surface area contributed by atoms with Crippen molar-refractivity contribution in [3.8, 4) is 11.8 Å². The number of nitrogens with zero attached hydrogens (tertiary/aromatic N) is 4. The number of aryl methyl sites for hydroxylation is 1. The highest BCUT2D eigenvalue weighted by Crippen LogP contribution is 2.36. The molecular formula is C28H27FN4O3. The molecule has 0 radical (unpaired) electrons. The van der Waals surface area contributed by atoms with Gasteiger partial charge in [-0.1, -0.05) is 24.0 Å². The smallest absolute Gasteiger partial charge is 0.349 e. The molecule has 3 heterocycles. The van der Waals surface area contributed by atoms with Gasteiger partial charge in [-0.2, -0.15) is 4.98 Å². The van der Waals surface area contributed by atoms with Gasteiger partial charge in [0.25, 0.3) is 0 Å². The topological polar surface area (TPSA) is 67.7 Å². The molecule has 184 valence electrons. The fraction of sp³-hybridized carbons (Fsp3) is 0.393. The summed E-state index contributed by atoms with van der Waals surface area (Å²) in [7, 11) is 0. The maximum Gasteiger partial charge on any atom is 0.349 e. The first-order valence-corrected chi connectivity index (χ1v) is 12.2. The molecule has 1 atom stereocenters. The van der Waals surface area contributed by atoms with Gasteiger partial charge in [0, 0.05) is 46.9 Å². The van der Waals surface area contributed by atoms with E-state index in [4.69, 9.17) is 8.85 Å². The van der Waals surface area contributed by atoms with Crippen molar-refractivity contribution in [1.29, 1.82) is 0 Å². The van der Waals surface area contributed by atoms with Crippen LogP contribution in [-0.2, 0) is 23.1 Å². The minimum atomic E-state index is -2.83. The maximum atomic E-state index is 15.3. The summed E-state index contributed by atoms with van der Waals surface area (Å²) in [6.07, 6.45) is 3.66. The molecule has 1 aliphatic carbocycles. The van der Waals surface area contributed by atoms with Crippen molar-refractivity contribution < 1.29 is 18.0 Å². The minimum absolute atomic E-state index is 0.0301. The Morgan fingerprint density at radius 2 is 2.06 bits per heavy atom. The Kier molecular flexibility index (Phi) is 4.91. The van der Waals surface area contributed by atoms with E-state index in [-0.39, 0.29) is 54.3 Å².